The summed E-state index contributed by atoms with van der Waals surface area (Å²) in [5.74, 6) is 0.142. The van der Waals surface area contributed by atoms with Gasteiger partial charge in [0, 0.05) is 30.4 Å². The Bertz CT molecular complexity index is 917. The number of amides is 2. The van der Waals surface area contributed by atoms with Gasteiger partial charge in [-0.3, -0.25) is 0 Å². The van der Waals surface area contributed by atoms with E-state index in [1.807, 2.05) is 7.05 Å². The van der Waals surface area contributed by atoms with Crippen LogP contribution in [0.5, 0.6) is 0 Å². The Morgan fingerprint density at radius 2 is 2.30 bits per heavy atom. The van der Waals surface area contributed by atoms with Gasteiger partial charge in [0.1, 0.15) is 17.0 Å². The van der Waals surface area contributed by atoms with Crippen LogP contribution in [-0.4, -0.2) is 26.8 Å². The first-order valence-corrected chi connectivity index (χ1v) is 6.72. The van der Waals surface area contributed by atoms with Gasteiger partial charge in [-0.25, -0.2) is 24.6 Å². The molecule has 7 nitrogen and oxygen atoms in total. The minimum absolute atomic E-state index is 0.202. The number of para-hydroxylation sites is 1. The first-order chi connectivity index (χ1) is 11.1. The summed E-state index contributed by atoms with van der Waals surface area (Å²) in [5.41, 5.74) is 8.37. The zero-order valence-corrected chi connectivity index (χ0v) is 12.2. The molecule has 0 radical (unpaired) electrons. The van der Waals surface area contributed by atoms with E-state index in [4.69, 9.17) is 5.73 Å². The third-order valence-electron chi connectivity index (χ3n) is 3.25. The van der Waals surface area contributed by atoms with Crippen molar-refractivity contribution in [1.29, 1.82) is 0 Å². The number of nitrogens with two attached hydrogens (primary N) is 1. The van der Waals surface area contributed by atoms with Crippen molar-refractivity contribution in [3.05, 3.63) is 48.0 Å². The normalized spacial score (nSPS) is 11.2. The molecule has 2 heterocycles. The first-order valence-electron chi connectivity index (χ1n) is 6.72. The Labute approximate surface area is 130 Å². The van der Waals surface area contributed by atoms with Crippen molar-refractivity contribution in [2.75, 3.05) is 0 Å². The Balaban J connectivity index is 2.20. The molecule has 116 valence electrons. The molecule has 0 saturated carbocycles. The Hall–Kier alpha value is -3.29. The fourth-order valence-corrected chi connectivity index (χ4v) is 2.24. The predicted octanol–water partition coefficient (Wildman–Crippen LogP) is 1.78. The van der Waals surface area contributed by atoms with Crippen LogP contribution in [0.2, 0.25) is 0 Å². The number of urea groups is 1. The second-order valence-corrected chi connectivity index (χ2v) is 4.83. The zero-order chi connectivity index (χ0) is 16.4. The second kappa shape index (κ2) is 5.84. The van der Waals surface area contributed by atoms with Gasteiger partial charge in [0.2, 0.25) is 0 Å². The van der Waals surface area contributed by atoms with Crippen LogP contribution in [-0.2, 0) is 7.05 Å². The number of benzene rings is 1. The Morgan fingerprint density at radius 3 is 3.00 bits per heavy atom. The monoisotopic (exact) mass is 312 g/mol. The van der Waals surface area contributed by atoms with E-state index in [9.17, 15) is 9.18 Å². The number of fused-ring (bicyclic) bond motifs is 1. The number of carbonyl (C=O) groups is 1. The summed E-state index contributed by atoms with van der Waals surface area (Å²) in [6.45, 7) is 0. The van der Waals surface area contributed by atoms with Crippen LogP contribution in [0, 0.1) is 5.82 Å². The highest BCUT2D eigenvalue weighted by Gasteiger charge is 2.12. The maximum absolute atomic E-state index is 14.1. The molecular formula is C15H13FN6O. The highest BCUT2D eigenvalue weighted by Crippen LogP contribution is 2.24. The molecule has 2 aromatic heterocycles. The maximum Gasteiger partial charge on any atom is 0.332 e. The maximum atomic E-state index is 14.1. The number of primary amides is 1. The molecule has 0 aliphatic rings. The lowest BCUT2D eigenvalue weighted by molar-refractivity contribution is 0.249. The number of rotatable bonds is 3. The van der Waals surface area contributed by atoms with Crippen LogP contribution in [0.3, 0.4) is 0 Å². The van der Waals surface area contributed by atoms with E-state index in [2.05, 4.69) is 20.5 Å². The minimum atomic E-state index is -0.782. The van der Waals surface area contributed by atoms with Gasteiger partial charge >= 0.3 is 6.03 Å². The number of aromatic nitrogens is 3. The molecular weight excluding hydrogens is 299 g/mol. The van der Waals surface area contributed by atoms with Gasteiger partial charge in [-0.15, -0.1) is 0 Å². The van der Waals surface area contributed by atoms with Crippen LogP contribution < -0.4 is 11.2 Å². The Kier molecular flexibility index (Phi) is 3.71. The summed E-state index contributed by atoms with van der Waals surface area (Å²) in [4.78, 5) is 19.3. The molecule has 2 amide bonds. The molecule has 1 aromatic carbocycles. The smallest absolute Gasteiger partial charge is 0.332 e. The molecule has 0 bridgehead atoms. The van der Waals surface area contributed by atoms with E-state index in [0.717, 1.165) is 0 Å². The number of carbonyl (C=O) groups excluding carboxylic acids is 1. The number of pyridine rings is 1. The van der Waals surface area contributed by atoms with Crippen LogP contribution in [0.4, 0.5) is 9.18 Å². The topological polar surface area (TPSA) is 98.2 Å². The van der Waals surface area contributed by atoms with Crippen molar-refractivity contribution in [2.45, 2.75) is 0 Å². The number of nitrogens with one attached hydrogen (secondary N) is 1. The van der Waals surface area contributed by atoms with Crippen molar-refractivity contribution >= 4 is 23.1 Å². The van der Waals surface area contributed by atoms with Gasteiger partial charge in [0.15, 0.2) is 5.82 Å². The van der Waals surface area contributed by atoms with Gasteiger partial charge in [0.05, 0.1) is 6.21 Å². The zero-order valence-electron chi connectivity index (χ0n) is 12.2. The van der Waals surface area contributed by atoms with E-state index < -0.39 is 11.8 Å². The largest absolute Gasteiger partial charge is 0.350 e. The van der Waals surface area contributed by atoms with Crippen LogP contribution in [0.25, 0.3) is 22.4 Å². The van der Waals surface area contributed by atoms with Crippen LogP contribution >= 0.6 is 0 Å². The molecule has 8 heteroatoms. The van der Waals surface area contributed by atoms with Gasteiger partial charge in [-0.1, -0.05) is 12.1 Å². The number of aryl methyl sites for hydroxylation is 1. The summed E-state index contributed by atoms with van der Waals surface area (Å²) < 4.78 is 15.9. The predicted molar refractivity (Wildman–Crippen MR) is 84.2 cm³/mol. The van der Waals surface area contributed by atoms with Gasteiger partial charge in [0.25, 0.3) is 0 Å². The third-order valence-corrected chi connectivity index (χ3v) is 3.25. The van der Waals surface area contributed by atoms with E-state index >= 15 is 0 Å². The van der Waals surface area contributed by atoms with Crippen molar-refractivity contribution in [3.63, 3.8) is 0 Å². The summed E-state index contributed by atoms with van der Waals surface area (Å²) in [5, 5.41) is 4.31. The SMILES string of the molecule is Cn1ccnc1-c1cc(/C=N/NC(N)=O)c2cccc(F)c2n1. The summed E-state index contributed by atoms with van der Waals surface area (Å²) in [6, 6.07) is 5.57. The third kappa shape index (κ3) is 2.86. The second-order valence-electron chi connectivity index (χ2n) is 4.83. The lowest BCUT2D eigenvalue weighted by atomic mass is 10.1. The molecule has 0 aliphatic carbocycles. The highest BCUT2D eigenvalue weighted by atomic mass is 19.1. The highest BCUT2D eigenvalue weighted by molar-refractivity contribution is 6.00. The fourth-order valence-electron chi connectivity index (χ4n) is 2.24. The number of hydrogen-bond acceptors (Lipinski definition) is 4. The summed E-state index contributed by atoms with van der Waals surface area (Å²) in [7, 11) is 1.82. The van der Waals surface area contributed by atoms with Crippen molar-refractivity contribution < 1.29 is 9.18 Å². The lowest BCUT2D eigenvalue weighted by Crippen LogP contribution is -2.24. The molecule has 0 atom stereocenters. The standard InChI is InChI=1S/C15H13FN6O/c1-22-6-5-18-14(22)12-7-9(8-19-21-15(17)23)10-3-2-4-11(16)13(10)20-12/h2-8H,1H3,(H3,17,21,23)/b19-8+. The van der Waals surface area contributed by atoms with E-state index in [1.165, 1.54) is 12.3 Å². The average Bonchev–Trinajstić information content (AvgIpc) is 2.93. The number of halogens is 1. The van der Waals surface area contributed by atoms with Crippen molar-refractivity contribution in [1.82, 2.24) is 20.0 Å². The molecule has 3 rings (SSSR count). The number of hydrazone groups is 1. The number of hydrogen-bond donors (Lipinski definition) is 2. The van der Waals surface area contributed by atoms with E-state index in [1.54, 1.807) is 35.2 Å². The molecule has 23 heavy (non-hydrogen) atoms. The molecule has 0 saturated heterocycles. The van der Waals surface area contributed by atoms with Crippen molar-refractivity contribution in [2.24, 2.45) is 17.9 Å². The Morgan fingerprint density at radius 1 is 1.48 bits per heavy atom. The molecule has 0 unspecified atom stereocenters. The first kappa shape index (κ1) is 14.6. The molecule has 3 aromatic rings. The minimum Gasteiger partial charge on any atom is -0.350 e. The lowest BCUT2D eigenvalue weighted by Gasteiger charge is -2.07. The van der Waals surface area contributed by atoms with Gasteiger partial charge in [-0.2, -0.15) is 5.10 Å². The molecule has 0 fully saturated rings. The number of nitrogens with zero attached hydrogens (tertiary/aromatic N) is 4. The quantitative estimate of drug-likeness (QED) is 0.569. The fraction of sp³-hybridized carbons (Fsp3) is 0.0667. The van der Waals surface area contributed by atoms with Gasteiger partial charge in [-0.05, 0) is 12.1 Å². The van der Waals surface area contributed by atoms with Gasteiger partial charge < -0.3 is 10.3 Å². The molecule has 3 N–H and O–H groups in total. The van der Waals surface area contributed by atoms with Crippen LogP contribution in [0.1, 0.15) is 5.56 Å². The molecule has 0 aliphatic heterocycles. The molecule has 0 spiro atoms. The summed E-state index contributed by atoms with van der Waals surface area (Å²) in [6.07, 6.45) is 4.79. The average molecular weight is 312 g/mol. The summed E-state index contributed by atoms with van der Waals surface area (Å²) >= 11 is 0. The van der Waals surface area contributed by atoms with Crippen LogP contribution in [0.15, 0.2) is 41.8 Å². The van der Waals surface area contributed by atoms with Crippen molar-refractivity contribution in [3.8, 4) is 11.5 Å². The van der Waals surface area contributed by atoms with E-state index in [0.29, 0.717) is 22.5 Å². The van der Waals surface area contributed by atoms with E-state index in [-0.39, 0.29) is 5.52 Å². The number of imidazole rings is 1.